The number of nitrogens with one attached hydrogen (secondary N) is 1. The van der Waals surface area contributed by atoms with Crippen LogP contribution >= 0.6 is 0 Å². The van der Waals surface area contributed by atoms with Gasteiger partial charge in [-0.2, -0.15) is 0 Å². The Kier molecular flexibility index (Phi) is 4.08. The minimum absolute atomic E-state index is 0.244. The molecule has 1 N–H and O–H groups in total. The first-order chi connectivity index (χ1) is 12.5. The Morgan fingerprint density at radius 1 is 1.04 bits per heavy atom. The predicted molar refractivity (Wildman–Crippen MR) is 102 cm³/mol. The van der Waals surface area contributed by atoms with Gasteiger partial charge in [-0.15, -0.1) is 0 Å². The van der Waals surface area contributed by atoms with Gasteiger partial charge in [0, 0.05) is 31.9 Å². The van der Waals surface area contributed by atoms with Crippen molar-refractivity contribution in [2.75, 3.05) is 38.1 Å². The number of piperazine rings is 1. The Morgan fingerprint density at radius 2 is 1.73 bits per heavy atom. The van der Waals surface area contributed by atoms with Gasteiger partial charge in [-0.1, -0.05) is 18.2 Å². The summed E-state index contributed by atoms with van der Waals surface area (Å²) in [7, 11) is 2.07. The molecule has 1 aromatic carbocycles. The number of nitrogens with zero attached hydrogens (tertiary/aromatic N) is 4. The number of H-pyrrole nitrogens is 1. The van der Waals surface area contributed by atoms with Crippen molar-refractivity contribution in [1.29, 1.82) is 0 Å². The fraction of sp³-hybridized carbons (Fsp3) is 0.316. The summed E-state index contributed by atoms with van der Waals surface area (Å²) in [6.07, 6.45) is 0. The van der Waals surface area contributed by atoms with Crippen LogP contribution in [0.4, 0.5) is 5.82 Å². The van der Waals surface area contributed by atoms with Gasteiger partial charge in [0.2, 0.25) is 0 Å². The minimum Gasteiger partial charge on any atom is -0.353 e. The lowest BCUT2D eigenvalue weighted by atomic mass is 10.1. The first kappa shape index (κ1) is 16.5. The van der Waals surface area contributed by atoms with Crippen molar-refractivity contribution < 1.29 is 0 Å². The van der Waals surface area contributed by atoms with Crippen molar-refractivity contribution in [3.8, 4) is 5.69 Å². The highest BCUT2D eigenvalue weighted by Gasteiger charge is 2.21. The number of aromatic nitrogens is 3. The van der Waals surface area contributed by atoms with E-state index in [1.54, 1.807) is 18.2 Å². The van der Waals surface area contributed by atoms with Crippen molar-refractivity contribution in [2.45, 2.75) is 6.92 Å². The quantitative estimate of drug-likeness (QED) is 0.749. The van der Waals surface area contributed by atoms with Crippen molar-refractivity contribution in [2.24, 2.45) is 0 Å². The van der Waals surface area contributed by atoms with E-state index in [4.69, 9.17) is 0 Å². The Balaban J connectivity index is 1.95. The molecule has 2 aromatic heterocycles. The molecule has 3 aromatic rings. The smallest absolute Gasteiger partial charge is 0.278 e. The van der Waals surface area contributed by atoms with Crippen LogP contribution < -0.4 is 16.0 Å². The van der Waals surface area contributed by atoms with E-state index in [9.17, 15) is 9.59 Å². The molecule has 3 heterocycles. The summed E-state index contributed by atoms with van der Waals surface area (Å²) in [6.45, 7) is 5.21. The highest BCUT2D eigenvalue weighted by Crippen LogP contribution is 2.22. The van der Waals surface area contributed by atoms with Crippen LogP contribution in [0.1, 0.15) is 5.69 Å². The Labute approximate surface area is 150 Å². The molecule has 0 radical (unpaired) electrons. The zero-order valence-electron chi connectivity index (χ0n) is 14.9. The number of hydrogen-bond donors (Lipinski definition) is 1. The molecule has 0 aliphatic carbocycles. The van der Waals surface area contributed by atoms with Crippen LogP contribution in [0.3, 0.4) is 0 Å². The molecule has 0 bridgehead atoms. The third kappa shape index (κ3) is 2.80. The maximum Gasteiger partial charge on any atom is 0.278 e. The molecule has 26 heavy (non-hydrogen) atoms. The van der Waals surface area contributed by atoms with Gasteiger partial charge in [-0.3, -0.25) is 14.7 Å². The monoisotopic (exact) mass is 351 g/mol. The first-order valence-corrected chi connectivity index (χ1v) is 8.70. The number of hydrogen-bond acceptors (Lipinski definition) is 5. The lowest BCUT2D eigenvalue weighted by Crippen LogP contribution is -2.45. The SMILES string of the molecule is Cc1cc2c(=O)n(-c3ccccc3)[nH]c(=O)c2c(N2CCN(C)CC2)n1. The molecule has 7 heteroatoms. The molecular formula is C19H21N5O2. The summed E-state index contributed by atoms with van der Waals surface area (Å²) in [5.74, 6) is 0.603. The molecule has 1 aliphatic heterocycles. The highest BCUT2D eigenvalue weighted by molar-refractivity contribution is 5.91. The Morgan fingerprint density at radius 3 is 2.42 bits per heavy atom. The van der Waals surface area contributed by atoms with Gasteiger partial charge < -0.3 is 9.80 Å². The third-order valence-corrected chi connectivity index (χ3v) is 4.82. The number of para-hydroxylation sites is 1. The summed E-state index contributed by atoms with van der Waals surface area (Å²) in [5, 5.41) is 3.49. The van der Waals surface area contributed by atoms with Crippen molar-refractivity contribution in [1.82, 2.24) is 19.7 Å². The Bertz CT molecular complexity index is 1060. The Hall–Kier alpha value is -2.93. The molecule has 0 amide bonds. The molecule has 0 atom stereocenters. The van der Waals surface area contributed by atoms with Gasteiger partial charge in [0.25, 0.3) is 11.1 Å². The predicted octanol–water partition coefficient (Wildman–Crippen LogP) is 1.13. The number of fused-ring (bicyclic) bond motifs is 1. The van der Waals surface area contributed by atoms with Gasteiger partial charge in [-0.05, 0) is 32.2 Å². The van der Waals surface area contributed by atoms with Gasteiger partial charge in [0.05, 0.1) is 16.5 Å². The van der Waals surface area contributed by atoms with Gasteiger partial charge in [0.1, 0.15) is 5.82 Å². The summed E-state index contributed by atoms with van der Waals surface area (Å²) in [4.78, 5) is 34.9. The number of likely N-dealkylation sites (N-methyl/N-ethyl adjacent to an activating group) is 1. The first-order valence-electron chi connectivity index (χ1n) is 8.70. The van der Waals surface area contributed by atoms with Gasteiger partial charge in [-0.25, -0.2) is 9.67 Å². The molecular weight excluding hydrogens is 330 g/mol. The van der Waals surface area contributed by atoms with Gasteiger partial charge in [0.15, 0.2) is 0 Å². The number of benzene rings is 1. The second kappa shape index (κ2) is 6.42. The van der Waals surface area contributed by atoms with Crippen LogP contribution in [-0.2, 0) is 0 Å². The third-order valence-electron chi connectivity index (χ3n) is 4.82. The summed E-state index contributed by atoms with van der Waals surface area (Å²) >= 11 is 0. The van der Waals surface area contributed by atoms with Crippen molar-refractivity contribution >= 4 is 16.6 Å². The van der Waals surface area contributed by atoms with E-state index in [2.05, 4.69) is 26.9 Å². The standard InChI is InChI=1S/C19H21N5O2/c1-13-12-15-16(17(20-13)23-10-8-22(2)9-11-23)18(25)21-24(19(15)26)14-6-4-3-5-7-14/h3-7,12H,8-11H2,1-2H3,(H,21,25). The molecule has 4 rings (SSSR count). The maximum atomic E-state index is 13.1. The van der Waals surface area contributed by atoms with E-state index in [-0.39, 0.29) is 11.1 Å². The number of aromatic amines is 1. The second-order valence-corrected chi connectivity index (χ2v) is 6.72. The highest BCUT2D eigenvalue weighted by atomic mass is 16.2. The molecule has 7 nitrogen and oxygen atoms in total. The normalized spacial score (nSPS) is 15.5. The molecule has 134 valence electrons. The van der Waals surface area contributed by atoms with E-state index in [0.717, 1.165) is 31.9 Å². The fourth-order valence-electron chi connectivity index (χ4n) is 3.38. The van der Waals surface area contributed by atoms with E-state index >= 15 is 0 Å². The molecule has 0 saturated carbocycles. The maximum absolute atomic E-state index is 13.1. The van der Waals surface area contributed by atoms with E-state index in [0.29, 0.717) is 22.3 Å². The summed E-state index contributed by atoms with van der Waals surface area (Å²) in [6, 6.07) is 10.8. The number of pyridine rings is 1. The van der Waals surface area contributed by atoms with Crippen LogP contribution in [-0.4, -0.2) is 52.9 Å². The lowest BCUT2D eigenvalue weighted by molar-refractivity contribution is 0.312. The fourth-order valence-corrected chi connectivity index (χ4v) is 3.38. The molecule has 1 saturated heterocycles. The van der Waals surface area contributed by atoms with Crippen molar-refractivity contribution in [3.63, 3.8) is 0 Å². The largest absolute Gasteiger partial charge is 0.353 e. The van der Waals surface area contributed by atoms with E-state index < -0.39 is 0 Å². The van der Waals surface area contributed by atoms with Crippen LogP contribution in [0, 0.1) is 6.92 Å². The second-order valence-electron chi connectivity index (χ2n) is 6.72. The van der Waals surface area contributed by atoms with Crippen LogP contribution in [0.5, 0.6) is 0 Å². The minimum atomic E-state index is -0.301. The zero-order valence-corrected chi connectivity index (χ0v) is 14.9. The molecule has 0 unspecified atom stereocenters. The summed E-state index contributed by atoms with van der Waals surface area (Å²) < 4.78 is 1.30. The lowest BCUT2D eigenvalue weighted by Gasteiger charge is -2.33. The van der Waals surface area contributed by atoms with Crippen LogP contribution in [0.2, 0.25) is 0 Å². The average Bonchev–Trinajstić information content (AvgIpc) is 2.65. The molecule has 0 spiro atoms. The van der Waals surface area contributed by atoms with Crippen LogP contribution in [0.25, 0.3) is 16.5 Å². The van der Waals surface area contributed by atoms with E-state index in [1.807, 2.05) is 25.1 Å². The number of rotatable bonds is 2. The average molecular weight is 351 g/mol. The molecule has 1 aliphatic rings. The topological polar surface area (TPSA) is 74.2 Å². The number of aryl methyl sites for hydroxylation is 1. The van der Waals surface area contributed by atoms with E-state index in [1.165, 1.54) is 4.68 Å². The summed E-state index contributed by atoms with van der Waals surface area (Å²) in [5.41, 5.74) is 0.817. The van der Waals surface area contributed by atoms with Crippen LogP contribution in [0.15, 0.2) is 46.0 Å². The zero-order chi connectivity index (χ0) is 18.3. The van der Waals surface area contributed by atoms with Crippen molar-refractivity contribution in [3.05, 3.63) is 62.8 Å². The number of anilines is 1. The van der Waals surface area contributed by atoms with Gasteiger partial charge >= 0.3 is 0 Å². The molecule has 1 fully saturated rings.